The predicted octanol–water partition coefficient (Wildman–Crippen LogP) is 3.99. The van der Waals surface area contributed by atoms with Crippen LogP contribution >= 0.6 is 11.3 Å². The molecule has 1 N–H and O–H groups in total. The second-order valence-corrected chi connectivity index (χ2v) is 10.8. The van der Waals surface area contributed by atoms with E-state index in [-0.39, 0.29) is 4.90 Å². The Morgan fingerprint density at radius 3 is 2.30 bits per heavy atom. The maximum absolute atomic E-state index is 13.0. The molecule has 3 aromatic carbocycles. The number of hydrogen-bond donors (Lipinski definition) is 1. The minimum Gasteiger partial charge on any atom is -0.465 e. The van der Waals surface area contributed by atoms with Gasteiger partial charge in [-0.2, -0.15) is 4.99 Å². The zero-order valence-electron chi connectivity index (χ0n) is 20.4. The van der Waals surface area contributed by atoms with Crippen LogP contribution in [0.15, 0.2) is 76.6 Å². The molecule has 0 fully saturated rings. The summed E-state index contributed by atoms with van der Waals surface area (Å²) in [5.41, 5.74) is 2.78. The van der Waals surface area contributed by atoms with Gasteiger partial charge in [0.15, 0.2) is 4.80 Å². The summed E-state index contributed by atoms with van der Waals surface area (Å²) in [6.07, 6.45) is 0. The molecule has 0 aliphatic heterocycles. The molecule has 0 radical (unpaired) electrons. The smallest absolute Gasteiger partial charge is 0.337 e. The zero-order chi connectivity index (χ0) is 26.6. The molecule has 0 spiro atoms. The number of carbonyl (C=O) groups is 2. The number of sulfonamides is 1. The van der Waals surface area contributed by atoms with Crippen LogP contribution in [0.5, 0.6) is 0 Å². The quantitative estimate of drug-likeness (QED) is 0.339. The largest absolute Gasteiger partial charge is 0.465 e. The molecule has 1 aromatic heterocycles. The maximum Gasteiger partial charge on any atom is 0.337 e. The fourth-order valence-electron chi connectivity index (χ4n) is 3.57. The van der Waals surface area contributed by atoms with E-state index in [2.05, 4.69) is 9.71 Å². The number of ether oxygens (including phenoxy) is 2. The normalized spacial score (nSPS) is 12.0. The van der Waals surface area contributed by atoms with Crippen molar-refractivity contribution in [3.8, 4) is 0 Å². The van der Waals surface area contributed by atoms with Crippen LogP contribution in [-0.4, -0.2) is 45.7 Å². The third-order valence-corrected chi connectivity index (χ3v) is 7.97. The maximum atomic E-state index is 13.0. The topological polar surface area (TPSA) is 116 Å². The minimum atomic E-state index is -3.76. The van der Waals surface area contributed by atoms with E-state index in [4.69, 9.17) is 9.47 Å². The Hall–Kier alpha value is -3.80. The highest BCUT2D eigenvalue weighted by molar-refractivity contribution is 7.92. The number of aryl methyl sites for hydroxylation is 1. The van der Waals surface area contributed by atoms with Crippen molar-refractivity contribution in [1.29, 1.82) is 0 Å². The van der Waals surface area contributed by atoms with Crippen LogP contribution in [0.4, 0.5) is 5.69 Å². The van der Waals surface area contributed by atoms with Crippen LogP contribution in [-0.2, 0) is 26.0 Å². The van der Waals surface area contributed by atoms with Gasteiger partial charge in [-0.05, 0) is 61.5 Å². The number of carbonyl (C=O) groups excluding carboxylic acids is 2. The molecule has 0 saturated carbocycles. The number of nitrogens with zero attached hydrogens (tertiary/aromatic N) is 2. The van der Waals surface area contributed by atoms with Crippen molar-refractivity contribution in [1.82, 2.24) is 4.57 Å². The summed E-state index contributed by atoms with van der Waals surface area (Å²) < 4.78 is 40.4. The monoisotopic (exact) mass is 539 g/mol. The number of thiazole rings is 1. The number of hydrogen-bond acceptors (Lipinski definition) is 7. The molecule has 0 saturated heterocycles. The number of nitrogens with one attached hydrogen (secondary N) is 1. The van der Waals surface area contributed by atoms with Gasteiger partial charge < -0.3 is 14.0 Å². The van der Waals surface area contributed by atoms with Crippen molar-refractivity contribution >= 4 is 49.1 Å². The summed E-state index contributed by atoms with van der Waals surface area (Å²) in [6, 6.07) is 17.7. The van der Waals surface area contributed by atoms with Gasteiger partial charge in [0.25, 0.3) is 15.9 Å². The number of amides is 1. The second-order valence-electron chi connectivity index (χ2n) is 8.12. The number of esters is 1. The van der Waals surface area contributed by atoms with Crippen LogP contribution < -0.4 is 9.52 Å². The van der Waals surface area contributed by atoms with Crippen molar-refractivity contribution in [2.45, 2.75) is 18.4 Å². The van der Waals surface area contributed by atoms with Gasteiger partial charge in [-0.15, -0.1) is 0 Å². The number of benzene rings is 3. The Balaban J connectivity index is 1.62. The van der Waals surface area contributed by atoms with Crippen molar-refractivity contribution in [2.24, 2.45) is 4.99 Å². The van der Waals surface area contributed by atoms with Crippen LogP contribution in [0, 0.1) is 6.92 Å². The Morgan fingerprint density at radius 1 is 0.973 bits per heavy atom. The third-order valence-electron chi connectivity index (χ3n) is 5.54. The molecule has 0 bridgehead atoms. The molecule has 9 nitrogen and oxygen atoms in total. The van der Waals surface area contributed by atoms with Crippen molar-refractivity contribution < 1.29 is 27.5 Å². The standard InChI is InChI=1S/C26H25N3O6S2/c1-17-4-11-21(12-5-17)37(32,33)28-20-9-6-18(7-10-20)24(30)27-26-29(14-15-34-2)22-13-8-19(25(31)35-3)16-23(22)36-26/h4-13,16,28H,14-15H2,1-3H3. The third kappa shape index (κ3) is 5.96. The Kier molecular flexibility index (Phi) is 7.86. The van der Waals surface area contributed by atoms with Crippen LogP contribution in [0.2, 0.25) is 0 Å². The first kappa shape index (κ1) is 26.3. The van der Waals surface area contributed by atoms with E-state index in [1.54, 1.807) is 37.4 Å². The van der Waals surface area contributed by atoms with E-state index in [0.717, 1.165) is 15.8 Å². The van der Waals surface area contributed by atoms with Crippen molar-refractivity contribution in [3.63, 3.8) is 0 Å². The first-order valence-electron chi connectivity index (χ1n) is 11.2. The van der Waals surface area contributed by atoms with Crippen molar-refractivity contribution in [3.05, 3.63) is 88.2 Å². The van der Waals surface area contributed by atoms with Gasteiger partial charge in [0.05, 0.1) is 34.4 Å². The summed E-state index contributed by atoms with van der Waals surface area (Å²) in [5, 5.41) is 0. The number of rotatable bonds is 8. The highest BCUT2D eigenvalue weighted by atomic mass is 32.2. The summed E-state index contributed by atoms with van der Waals surface area (Å²) in [7, 11) is -0.856. The van der Waals surface area contributed by atoms with E-state index >= 15 is 0 Å². The lowest BCUT2D eigenvalue weighted by molar-refractivity contribution is 0.0600. The van der Waals surface area contributed by atoms with Crippen LogP contribution in [0.1, 0.15) is 26.3 Å². The fourth-order valence-corrected chi connectivity index (χ4v) is 5.72. The SMILES string of the molecule is COCCn1c(=NC(=O)c2ccc(NS(=O)(=O)c3ccc(C)cc3)cc2)sc2cc(C(=O)OC)ccc21. The summed E-state index contributed by atoms with van der Waals surface area (Å²) in [6.45, 7) is 2.74. The minimum absolute atomic E-state index is 0.147. The highest BCUT2D eigenvalue weighted by Crippen LogP contribution is 2.21. The number of aromatic nitrogens is 1. The average Bonchev–Trinajstić information content (AvgIpc) is 3.23. The highest BCUT2D eigenvalue weighted by Gasteiger charge is 2.15. The molecule has 0 atom stereocenters. The molecule has 192 valence electrons. The van der Waals surface area contributed by atoms with Gasteiger partial charge in [-0.3, -0.25) is 9.52 Å². The number of anilines is 1. The molecule has 4 aromatic rings. The Bertz CT molecular complexity index is 1620. The molecule has 0 unspecified atom stereocenters. The molecular weight excluding hydrogens is 514 g/mol. The number of methoxy groups -OCH3 is 2. The zero-order valence-corrected chi connectivity index (χ0v) is 22.1. The van der Waals surface area contributed by atoms with Crippen LogP contribution in [0.25, 0.3) is 10.2 Å². The van der Waals surface area contributed by atoms with E-state index in [9.17, 15) is 18.0 Å². The summed E-state index contributed by atoms with van der Waals surface area (Å²) in [5.74, 6) is -0.940. The van der Waals surface area contributed by atoms with Gasteiger partial charge in [0.1, 0.15) is 0 Å². The predicted molar refractivity (Wildman–Crippen MR) is 141 cm³/mol. The molecule has 1 heterocycles. The Morgan fingerprint density at radius 2 is 1.65 bits per heavy atom. The molecular formula is C26H25N3O6S2. The molecule has 1 amide bonds. The summed E-state index contributed by atoms with van der Waals surface area (Å²) in [4.78, 5) is 29.8. The second kappa shape index (κ2) is 11.1. The van der Waals surface area contributed by atoms with Crippen molar-refractivity contribution in [2.75, 3.05) is 25.5 Å². The molecule has 0 aliphatic carbocycles. The average molecular weight is 540 g/mol. The molecule has 11 heteroatoms. The van der Waals surface area contributed by atoms with E-state index in [0.29, 0.717) is 34.8 Å². The lowest BCUT2D eigenvalue weighted by Crippen LogP contribution is -2.19. The molecule has 0 aliphatic rings. The molecule has 37 heavy (non-hydrogen) atoms. The van der Waals surface area contributed by atoms with E-state index < -0.39 is 21.9 Å². The van der Waals surface area contributed by atoms with Gasteiger partial charge in [0, 0.05) is 24.9 Å². The Labute approximate surface area is 218 Å². The van der Waals surface area contributed by atoms with Crippen LogP contribution in [0.3, 0.4) is 0 Å². The lowest BCUT2D eigenvalue weighted by Gasteiger charge is -2.08. The molecule has 4 rings (SSSR count). The van der Waals surface area contributed by atoms with Gasteiger partial charge in [0.2, 0.25) is 0 Å². The lowest BCUT2D eigenvalue weighted by atomic mass is 10.2. The number of fused-ring (bicyclic) bond motifs is 1. The van der Waals surface area contributed by atoms with E-state index in [1.165, 1.54) is 54.8 Å². The van der Waals surface area contributed by atoms with Gasteiger partial charge in [-0.1, -0.05) is 29.0 Å². The first-order valence-corrected chi connectivity index (χ1v) is 13.5. The van der Waals surface area contributed by atoms with Gasteiger partial charge in [-0.25, -0.2) is 13.2 Å². The van der Waals surface area contributed by atoms with E-state index in [1.807, 2.05) is 11.5 Å². The fraction of sp³-hybridized carbons (Fsp3) is 0.192. The summed E-state index contributed by atoms with van der Waals surface area (Å²) >= 11 is 1.27. The first-order chi connectivity index (χ1) is 17.7. The van der Waals surface area contributed by atoms with Gasteiger partial charge >= 0.3 is 5.97 Å².